The van der Waals surface area contributed by atoms with E-state index < -0.39 is 0 Å². The third-order valence-corrected chi connectivity index (χ3v) is 3.38. The van der Waals surface area contributed by atoms with Crippen LogP contribution in [0.5, 0.6) is 5.75 Å². The van der Waals surface area contributed by atoms with Crippen LogP contribution in [0.15, 0.2) is 35.1 Å². The van der Waals surface area contributed by atoms with E-state index in [1.54, 1.807) is 7.11 Å². The van der Waals surface area contributed by atoms with E-state index in [-0.39, 0.29) is 5.56 Å². The van der Waals surface area contributed by atoms with E-state index in [0.717, 1.165) is 23.4 Å². The summed E-state index contributed by atoms with van der Waals surface area (Å²) in [4.78, 5) is 12.1. The molecule has 0 aliphatic rings. The van der Waals surface area contributed by atoms with Crippen LogP contribution in [-0.4, -0.2) is 16.9 Å². The van der Waals surface area contributed by atoms with Crippen LogP contribution in [0.25, 0.3) is 11.3 Å². The number of ether oxygens (including phenoxy) is 1. The smallest absolute Gasteiger partial charge is 0.270 e. The van der Waals surface area contributed by atoms with Crippen LogP contribution < -0.4 is 10.3 Å². The van der Waals surface area contributed by atoms with E-state index in [4.69, 9.17) is 4.74 Å². The van der Waals surface area contributed by atoms with Crippen molar-refractivity contribution < 1.29 is 4.74 Å². The maximum atomic E-state index is 12.1. The van der Waals surface area contributed by atoms with Crippen molar-refractivity contribution in [1.82, 2.24) is 9.78 Å². The quantitative estimate of drug-likeness (QED) is 0.861. The topological polar surface area (TPSA) is 44.1 Å². The molecule has 0 aliphatic carbocycles. The minimum Gasteiger partial charge on any atom is -0.497 e. The average Bonchev–Trinajstić information content (AvgIpc) is 2.49. The molecule has 0 fully saturated rings. The Morgan fingerprint density at radius 1 is 1.30 bits per heavy atom. The number of thiol groups is 1. The van der Waals surface area contributed by atoms with Crippen LogP contribution >= 0.6 is 12.6 Å². The fraction of sp³-hybridized carbons (Fsp3) is 0.333. The molecular formula is C15H18N2O2S. The molecule has 0 saturated carbocycles. The van der Waals surface area contributed by atoms with Crippen LogP contribution in [0.2, 0.25) is 0 Å². The predicted octanol–water partition coefficient (Wildman–Crippen LogP) is 2.76. The summed E-state index contributed by atoms with van der Waals surface area (Å²) >= 11 is 4.23. The average molecular weight is 290 g/mol. The second-order valence-electron chi connectivity index (χ2n) is 4.47. The molecule has 0 amide bonds. The summed E-state index contributed by atoms with van der Waals surface area (Å²) in [6, 6.07) is 9.44. The van der Waals surface area contributed by atoms with Crippen LogP contribution in [-0.2, 0) is 12.3 Å². The molecule has 0 atom stereocenters. The molecule has 0 bridgehead atoms. The number of methoxy groups -OCH3 is 1. The fourth-order valence-corrected chi connectivity index (χ4v) is 2.20. The maximum absolute atomic E-state index is 12.1. The molecule has 1 heterocycles. The molecule has 1 aromatic carbocycles. The molecule has 0 aliphatic heterocycles. The summed E-state index contributed by atoms with van der Waals surface area (Å²) in [5, 5.41) is 4.43. The fourth-order valence-electron chi connectivity index (χ4n) is 1.98. The van der Waals surface area contributed by atoms with Gasteiger partial charge in [0.15, 0.2) is 0 Å². The lowest BCUT2D eigenvalue weighted by Gasteiger charge is -2.09. The summed E-state index contributed by atoms with van der Waals surface area (Å²) in [6.45, 7) is 2.64. The van der Waals surface area contributed by atoms with Gasteiger partial charge in [0.2, 0.25) is 0 Å². The van der Waals surface area contributed by atoms with Gasteiger partial charge in [-0.2, -0.15) is 17.7 Å². The van der Waals surface area contributed by atoms with E-state index >= 15 is 0 Å². The first-order chi connectivity index (χ1) is 9.69. The van der Waals surface area contributed by atoms with Gasteiger partial charge in [0.05, 0.1) is 12.8 Å². The lowest BCUT2D eigenvalue weighted by Crippen LogP contribution is -2.26. The Labute approximate surface area is 123 Å². The van der Waals surface area contributed by atoms with Crippen molar-refractivity contribution >= 4 is 12.6 Å². The molecule has 106 valence electrons. The van der Waals surface area contributed by atoms with Crippen molar-refractivity contribution in [3.8, 4) is 17.0 Å². The van der Waals surface area contributed by atoms with Crippen LogP contribution in [0.3, 0.4) is 0 Å². The largest absolute Gasteiger partial charge is 0.497 e. The van der Waals surface area contributed by atoms with Gasteiger partial charge in [-0.3, -0.25) is 4.79 Å². The lowest BCUT2D eigenvalue weighted by molar-refractivity contribution is 0.415. The van der Waals surface area contributed by atoms with Gasteiger partial charge in [0.1, 0.15) is 5.75 Å². The molecule has 2 aromatic rings. The number of benzene rings is 1. The van der Waals surface area contributed by atoms with Gasteiger partial charge in [0, 0.05) is 23.4 Å². The van der Waals surface area contributed by atoms with Crippen molar-refractivity contribution in [2.75, 3.05) is 7.11 Å². The first-order valence-electron chi connectivity index (χ1n) is 6.56. The molecule has 1 aromatic heterocycles. The Bertz CT molecular complexity index is 635. The van der Waals surface area contributed by atoms with Crippen molar-refractivity contribution in [1.29, 1.82) is 0 Å². The van der Waals surface area contributed by atoms with Gasteiger partial charge in [-0.15, -0.1) is 0 Å². The van der Waals surface area contributed by atoms with E-state index in [1.807, 2.05) is 37.3 Å². The predicted molar refractivity (Wildman–Crippen MR) is 83.5 cm³/mol. The molecule has 0 unspecified atom stereocenters. The molecule has 0 saturated heterocycles. The number of rotatable bonds is 5. The molecule has 2 rings (SSSR count). The summed E-state index contributed by atoms with van der Waals surface area (Å²) in [6.07, 6.45) is 0.866. The minimum atomic E-state index is -0.0564. The Balaban J connectivity index is 2.49. The summed E-state index contributed by atoms with van der Waals surface area (Å²) < 4.78 is 6.66. The molecule has 5 heteroatoms. The second-order valence-corrected chi connectivity index (χ2v) is 4.79. The number of aromatic nitrogens is 2. The lowest BCUT2D eigenvalue weighted by atomic mass is 10.1. The molecular weight excluding hydrogens is 272 g/mol. The van der Waals surface area contributed by atoms with E-state index in [2.05, 4.69) is 17.7 Å². The zero-order chi connectivity index (χ0) is 14.5. The molecule has 0 N–H and O–H groups in total. The Kier molecular flexibility index (Phi) is 4.84. The number of hydrogen-bond acceptors (Lipinski definition) is 4. The summed E-state index contributed by atoms with van der Waals surface area (Å²) in [5.41, 5.74) is 2.35. The third-order valence-electron chi connectivity index (χ3n) is 3.04. The molecule has 0 spiro atoms. The summed E-state index contributed by atoms with van der Waals surface area (Å²) in [7, 11) is 1.63. The Morgan fingerprint density at radius 3 is 2.55 bits per heavy atom. The zero-order valence-corrected chi connectivity index (χ0v) is 12.6. The first kappa shape index (κ1) is 14.7. The van der Waals surface area contributed by atoms with Gasteiger partial charge in [0.25, 0.3) is 5.56 Å². The Hall–Kier alpha value is -1.75. The SMILES string of the molecule is CCCn1nc(-c2ccc(OC)cc2)cc(CS)c1=O. The first-order valence-corrected chi connectivity index (χ1v) is 7.19. The third kappa shape index (κ3) is 3.04. The highest BCUT2D eigenvalue weighted by Crippen LogP contribution is 2.20. The Morgan fingerprint density at radius 2 is 2.00 bits per heavy atom. The van der Waals surface area contributed by atoms with Gasteiger partial charge in [-0.25, -0.2) is 4.68 Å². The standard InChI is InChI=1S/C15H18N2O2S/c1-3-8-17-15(18)12(10-20)9-14(16-17)11-4-6-13(19-2)7-5-11/h4-7,9,20H,3,8,10H2,1-2H3. The van der Waals surface area contributed by atoms with Crippen LogP contribution in [0, 0.1) is 0 Å². The van der Waals surface area contributed by atoms with E-state index in [1.165, 1.54) is 4.68 Å². The summed E-state index contributed by atoms with van der Waals surface area (Å²) in [5.74, 6) is 1.21. The van der Waals surface area contributed by atoms with Gasteiger partial charge < -0.3 is 4.74 Å². The minimum absolute atomic E-state index is 0.0564. The molecule has 0 radical (unpaired) electrons. The van der Waals surface area contributed by atoms with Crippen molar-refractivity contribution in [2.24, 2.45) is 0 Å². The van der Waals surface area contributed by atoms with Crippen molar-refractivity contribution in [3.05, 3.63) is 46.2 Å². The van der Waals surface area contributed by atoms with Crippen molar-refractivity contribution in [2.45, 2.75) is 25.6 Å². The monoisotopic (exact) mass is 290 g/mol. The van der Waals surface area contributed by atoms with Gasteiger partial charge in [-0.1, -0.05) is 6.92 Å². The normalized spacial score (nSPS) is 10.6. The van der Waals surface area contributed by atoms with Gasteiger partial charge in [-0.05, 0) is 36.8 Å². The highest BCUT2D eigenvalue weighted by atomic mass is 32.1. The van der Waals surface area contributed by atoms with Crippen molar-refractivity contribution in [3.63, 3.8) is 0 Å². The number of nitrogens with zero attached hydrogens (tertiary/aromatic N) is 2. The van der Waals surface area contributed by atoms with Crippen LogP contribution in [0.4, 0.5) is 0 Å². The second kappa shape index (κ2) is 6.61. The number of aryl methyl sites for hydroxylation is 1. The molecule has 20 heavy (non-hydrogen) atoms. The van der Waals surface area contributed by atoms with E-state index in [9.17, 15) is 4.79 Å². The number of hydrogen-bond donors (Lipinski definition) is 1. The van der Waals surface area contributed by atoms with Crippen LogP contribution in [0.1, 0.15) is 18.9 Å². The zero-order valence-electron chi connectivity index (χ0n) is 11.7. The van der Waals surface area contributed by atoms with Gasteiger partial charge >= 0.3 is 0 Å². The molecule has 4 nitrogen and oxygen atoms in total. The highest BCUT2D eigenvalue weighted by molar-refractivity contribution is 7.79. The maximum Gasteiger partial charge on any atom is 0.270 e. The van der Waals surface area contributed by atoms with E-state index in [0.29, 0.717) is 17.9 Å². The highest BCUT2D eigenvalue weighted by Gasteiger charge is 2.08.